The molecule has 4 rings (SSSR count). The summed E-state index contributed by atoms with van der Waals surface area (Å²) in [6.45, 7) is 3.00. The number of amides is 3. The number of allylic oxidation sites excluding steroid dienone is 1. The highest BCUT2D eigenvalue weighted by molar-refractivity contribution is 5.89. The van der Waals surface area contributed by atoms with Crippen LogP contribution in [0.2, 0.25) is 0 Å². The number of rotatable bonds is 6. The van der Waals surface area contributed by atoms with Gasteiger partial charge in [-0.3, -0.25) is 4.79 Å². The van der Waals surface area contributed by atoms with Crippen molar-refractivity contribution < 1.29 is 23.6 Å². The maximum Gasteiger partial charge on any atom is 0.523 e. The molecule has 0 bridgehead atoms. The van der Waals surface area contributed by atoms with Gasteiger partial charge >= 0.3 is 12.0 Å². The summed E-state index contributed by atoms with van der Waals surface area (Å²) < 4.78 is 4.80. The molecule has 2 aliphatic heterocycles. The van der Waals surface area contributed by atoms with Crippen molar-refractivity contribution in [3.05, 3.63) is 34.9 Å². The first-order valence-corrected chi connectivity index (χ1v) is 12.7. The molecule has 3 aliphatic rings. The highest BCUT2D eigenvalue weighted by Crippen LogP contribution is 2.33. The quantitative estimate of drug-likeness (QED) is 0.379. The normalized spacial score (nSPS) is 26.2. The second-order valence-electron chi connectivity index (χ2n) is 10.1. The molecule has 2 unspecified atom stereocenters. The number of hydrogen-bond acceptors (Lipinski definition) is 5. The molecule has 7 nitrogen and oxygen atoms in total. The number of likely N-dealkylation sites (tertiary alicyclic amines) is 2. The van der Waals surface area contributed by atoms with Crippen LogP contribution in [-0.4, -0.2) is 59.6 Å². The van der Waals surface area contributed by atoms with Crippen molar-refractivity contribution in [1.29, 1.82) is 0 Å². The fraction of sp³-hybridized carbons (Fsp3) is 0.593. The van der Waals surface area contributed by atoms with E-state index in [1.165, 1.54) is 23.8 Å². The number of imide groups is 1. The smallest absolute Gasteiger partial charge is 0.423 e. The van der Waals surface area contributed by atoms with E-state index in [-0.39, 0.29) is 22.3 Å². The van der Waals surface area contributed by atoms with E-state index in [1.54, 1.807) is 4.90 Å². The zero-order chi connectivity index (χ0) is 24.3. The molecule has 1 aromatic carbocycles. The topological polar surface area (TPSA) is 89.7 Å². The first-order valence-electron chi connectivity index (χ1n) is 12.7. The summed E-state index contributed by atoms with van der Waals surface area (Å²) in [6.07, 6.45) is 9.87. The highest BCUT2D eigenvalue weighted by Gasteiger charge is 2.57. The average Bonchev–Trinajstić information content (AvgIpc) is 3.43. The third-order valence-electron chi connectivity index (χ3n) is 7.97. The summed E-state index contributed by atoms with van der Waals surface area (Å²) in [5.41, 5.74) is 10.6. The maximum absolute atomic E-state index is 13.7. The van der Waals surface area contributed by atoms with Crippen molar-refractivity contribution in [2.75, 3.05) is 25.9 Å². The zero-order valence-corrected chi connectivity index (χ0v) is 20.6. The fourth-order valence-corrected chi connectivity index (χ4v) is 6.04. The van der Waals surface area contributed by atoms with E-state index in [9.17, 15) is 14.4 Å². The van der Waals surface area contributed by atoms with Gasteiger partial charge in [-0.15, -0.1) is 0 Å². The number of benzene rings is 1. The number of piperidine rings is 1. The predicted octanol–water partition coefficient (Wildman–Crippen LogP) is 4.44. The van der Waals surface area contributed by atoms with Crippen LogP contribution in [0.3, 0.4) is 0 Å². The number of ether oxygens (including phenoxy) is 1. The highest BCUT2D eigenvalue weighted by atomic mass is 16.5. The largest absolute Gasteiger partial charge is 0.523 e. The molecule has 2 heterocycles. The molecule has 2 saturated heterocycles. The molecular weight excluding hydrogens is 430 g/mol. The molecule has 0 spiro atoms. The molecule has 3 amide bonds. The Morgan fingerprint density at radius 2 is 1.97 bits per heavy atom. The minimum Gasteiger partial charge on any atom is -0.423 e. The first kappa shape index (κ1) is 24.5. The van der Waals surface area contributed by atoms with Crippen LogP contribution < -0.4 is 5.73 Å². The Morgan fingerprint density at radius 1 is 1.15 bits per heavy atom. The van der Waals surface area contributed by atoms with E-state index in [4.69, 9.17) is 10.5 Å². The monoisotopic (exact) mass is 468 g/mol. The maximum atomic E-state index is 13.7. The van der Waals surface area contributed by atoms with Gasteiger partial charge in [0.2, 0.25) is 5.91 Å². The molecule has 0 saturated carbocycles. The molecule has 0 aromatic heterocycles. The summed E-state index contributed by atoms with van der Waals surface area (Å²) in [5.74, 6) is -0.123. The Bertz CT molecular complexity index is 988. The van der Waals surface area contributed by atoms with Crippen molar-refractivity contribution >= 4 is 29.7 Å². The van der Waals surface area contributed by atoms with E-state index in [2.05, 4.69) is 12.1 Å². The number of hydrogen-bond donors (Lipinski definition) is 1. The number of carbonyl (C=O) groups is 3. The number of fused-ring (bicyclic) bond motifs is 1. The number of nitrogens with two attached hydrogens (primary N) is 1. The Labute approximate surface area is 202 Å². The van der Waals surface area contributed by atoms with Gasteiger partial charge in [-0.25, -0.2) is 4.79 Å². The minimum absolute atomic E-state index is 0.0318. The van der Waals surface area contributed by atoms with Crippen molar-refractivity contribution in [3.8, 4) is 0 Å². The third kappa shape index (κ3) is 4.63. The average molecular weight is 469 g/mol. The minimum atomic E-state index is -0.529. The molecule has 7 heteroatoms. The van der Waals surface area contributed by atoms with Crippen LogP contribution in [-0.2, 0) is 20.7 Å². The van der Waals surface area contributed by atoms with Gasteiger partial charge in [0.15, 0.2) is 0 Å². The summed E-state index contributed by atoms with van der Waals surface area (Å²) >= 11 is 0. The van der Waals surface area contributed by atoms with Gasteiger partial charge in [-0.1, -0.05) is 17.7 Å². The summed E-state index contributed by atoms with van der Waals surface area (Å²) in [6, 6.07) is 5.41. The van der Waals surface area contributed by atoms with Gasteiger partial charge in [-0.05, 0) is 75.1 Å². The third-order valence-corrected chi connectivity index (χ3v) is 7.97. The second-order valence-corrected chi connectivity index (χ2v) is 10.1. The first-order chi connectivity index (χ1) is 16.4. The number of anilines is 1. The van der Waals surface area contributed by atoms with Crippen molar-refractivity contribution in [1.82, 2.24) is 4.90 Å². The van der Waals surface area contributed by atoms with Crippen molar-refractivity contribution in [2.24, 2.45) is 0 Å². The molecule has 2 fully saturated rings. The lowest BCUT2D eigenvalue weighted by molar-refractivity contribution is -0.793. The van der Waals surface area contributed by atoms with Gasteiger partial charge in [0.25, 0.3) is 0 Å². The summed E-state index contributed by atoms with van der Waals surface area (Å²) in [5, 5.41) is 0. The lowest BCUT2D eigenvalue weighted by atomic mass is 9.98. The molecule has 3 atom stereocenters. The lowest BCUT2D eigenvalue weighted by Gasteiger charge is -2.40. The van der Waals surface area contributed by atoms with Crippen LogP contribution in [0.4, 0.5) is 10.5 Å². The summed E-state index contributed by atoms with van der Waals surface area (Å²) in [4.78, 5) is 41.4. The standard InChI is InChI=1S/C27H38N3O4/c1-19-8-7-15-30(19,27(33)34-2)26(32)24-10-5-6-14-29(24)25(31)11-4-3-9-20-16-21-12-13-23(28)18-22(21)17-20/h12-13,17-19,24H,3-11,14-16,28H2,1-2H3/q+1/t19-,24?,30?/m1/s1. The van der Waals surface area contributed by atoms with Gasteiger partial charge in [0.05, 0.1) is 13.7 Å². The molecule has 2 N–H and O–H groups in total. The number of nitrogen functional groups attached to an aromatic ring is 1. The SMILES string of the molecule is COC(=O)[N+]1(C(=O)C2CCCCN2C(=O)CCCCC2=Cc3cc(N)ccc3C2)CCC[C@H]1C. The molecule has 184 valence electrons. The van der Waals surface area contributed by atoms with E-state index in [1.807, 2.05) is 19.1 Å². The van der Waals surface area contributed by atoms with Crippen LogP contribution >= 0.6 is 0 Å². The van der Waals surface area contributed by atoms with Gasteiger partial charge in [0, 0.05) is 31.5 Å². The Hall–Kier alpha value is -2.67. The number of quaternary nitrogens is 1. The van der Waals surface area contributed by atoms with Crippen molar-refractivity contribution in [3.63, 3.8) is 0 Å². The lowest BCUT2D eigenvalue weighted by Crippen LogP contribution is -2.65. The number of unbranched alkanes of at least 4 members (excludes halogenated alkanes) is 1. The van der Waals surface area contributed by atoms with E-state index in [0.717, 1.165) is 57.1 Å². The molecule has 1 aromatic rings. The van der Waals surface area contributed by atoms with Gasteiger partial charge in [0.1, 0.15) is 12.1 Å². The molecule has 1 aliphatic carbocycles. The van der Waals surface area contributed by atoms with Gasteiger partial charge < -0.3 is 15.4 Å². The number of nitrogens with zero attached hydrogens (tertiary/aromatic N) is 2. The molecular formula is C27H38N3O4+. The van der Waals surface area contributed by atoms with Crippen LogP contribution in [0.25, 0.3) is 6.08 Å². The van der Waals surface area contributed by atoms with E-state index >= 15 is 0 Å². The Balaban J connectivity index is 1.34. The fourth-order valence-electron chi connectivity index (χ4n) is 6.04. The van der Waals surface area contributed by atoms with Crippen molar-refractivity contribution in [2.45, 2.75) is 83.2 Å². The Kier molecular flexibility index (Phi) is 7.41. The van der Waals surface area contributed by atoms with Crippen LogP contribution in [0.1, 0.15) is 75.8 Å². The Morgan fingerprint density at radius 3 is 2.71 bits per heavy atom. The second kappa shape index (κ2) is 10.3. The van der Waals surface area contributed by atoms with E-state index in [0.29, 0.717) is 25.9 Å². The van der Waals surface area contributed by atoms with Crippen LogP contribution in [0, 0.1) is 0 Å². The molecule has 34 heavy (non-hydrogen) atoms. The van der Waals surface area contributed by atoms with Crippen LogP contribution in [0.15, 0.2) is 23.8 Å². The van der Waals surface area contributed by atoms with E-state index < -0.39 is 12.1 Å². The number of methoxy groups -OCH3 is 1. The van der Waals surface area contributed by atoms with Crippen LogP contribution in [0.5, 0.6) is 0 Å². The summed E-state index contributed by atoms with van der Waals surface area (Å²) in [7, 11) is 1.34. The number of carbonyl (C=O) groups excluding carboxylic acids is 3. The van der Waals surface area contributed by atoms with Gasteiger partial charge in [-0.2, -0.15) is 9.28 Å². The predicted molar refractivity (Wildman–Crippen MR) is 132 cm³/mol. The zero-order valence-electron chi connectivity index (χ0n) is 20.6. The molecule has 0 radical (unpaired) electrons.